The van der Waals surface area contributed by atoms with E-state index in [-0.39, 0.29) is 11.9 Å². The Morgan fingerprint density at radius 3 is 2.78 bits per heavy atom. The molecule has 0 unspecified atom stereocenters. The van der Waals surface area contributed by atoms with Crippen LogP contribution in [0.25, 0.3) is 10.9 Å². The first kappa shape index (κ1) is 15.6. The van der Waals surface area contributed by atoms with Crippen LogP contribution in [0, 0.1) is 0 Å². The Balaban J connectivity index is 1.94. The molecule has 1 heterocycles. The molecule has 0 saturated heterocycles. The van der Waals surface area contributed by atoms with Gasteiger partial charge in [-0.1, -0.05) is 35.9 Å². The van der Waals surface area contributed by atoms with Crippen molar-refractivity contribution < 1.29 is 4.79 Å². The maximum atomic E-state index is 13.0. The van der Waals surface area contributed by atoms with Gasteiger partial charge in [0.25, 0.3) is 5.91 Å². The molecule has 23 heavy (non-hydrogen) atoms. The average Bonchev–Trinajstić information content (AvgIpc) is 3.00. The number of aromatic amines is 1. The Hall–Kier alpha value is -2.33. The van der Waals surface area contributed by atoms with Gasteiger partial charge in [0.15, 0.2) is 0 Å². The molecule has 0 atom stereocenters. The van der Waals surface area contributed by atoms with Crippen LogP contribution in [0.3, 0.4) is 0 Å². The molecule has 0 aliphatic carbocycles. The number of hydrogen-bond donors (Lipinski definition) is 1. The smallest absolute Gasteiger partial charge is 0.256 e. The topological polar surface area (TPSA) is 49.0 Å². The zero-order valence-electron chi connectivity index (χ0n) is 13.1. The highest BCUT2D eigenvalue weighted by Gasteiger charge is 2.21. The predicted octanol–water partition coefficient (Wildman–Crippen LogP) is 4.27. The van der Waals surface area contributed by atoms with Crippen molar-refractivity contribution >= 4 is 28.4 Å². The van der Waals surface area contributed by atoms with E-state index in [1.54, 1.807) is 6.20 Å². The lowest BCUT2D eigenvalue weighted by Crippen LogP contribution is -2.36. The number of rotatable bonds is 4. The molecule has 3 aromatic rings. The highest BCUT2D eigenvalue weighted by Crippen LogP contribution is 2.21. The van der Waals surface area contributed by atoms with Crippen molar-refractivity contribution in [2.45, 2.75) is 26.4 Å². The molecule has 2 aromatic carbocycles. The van der Waals surface area contributed by atoms with Crippen molar-refractivity contribution in [3.05, 3.63) is 64.8 Å². The van der Waals surface area contributed by atoms with E-state index >= 15 is 0 Å². The van der Waals surface area contributed by atoms with Gasteiger partial charge in [0.1, 0.15) is 0 Å². The van der Waals surface area contributed by atoms with E-state index in [1.165, 1.54) is 0 Å². The summed E-state index contributed by atoms with van der Waals surface area (Å²) in [5, 5.41) is 8.56. The standard InChI is InChI=1S/C18H18ClN3O/c1-12(2)22(11-13-5-3-7-15(19)9-13)18(23)16-8-4-6-14-10-20-21-17(14)16/h3-10,12H,11H2,1-2H3,(H,20,21). The quantitative estimate of drug-likeness (QED) is 0.778. The van der Waals surface area contributed by atoms with Crippen LogP contribution in [0.1, 0.15) is 29.8 Å². The largest absolute Gasteiger partial charge is 0.332 e. The number of fused-ring (bicyclic) bond motifs is 1. The van der Waals surface area contributed by atoms with Gasteiger partial charge in [-0.15, -0.1) is 0 Å². The van der Waals surface area contributed by atoms with E-state index in [4.69, 9.17) is 11.6 Å². The normalized spacial score (nSPS) is 11.1. The summed E-state index contributed by atoms with van der Waals surface area (Å²) >= 11 is 6.05. The minimum atomic E-state index is -0.0187. The van der Waals surface area contributed by atoms with Crippen LogP contribution in [0.2, 0.25) is 5.02 Å². The number of carbonyl (C=O) groups excluding carboxylic acids is 1. The summed E-state index contributed by atoms with van der Waals surface area (Å²) in [6.45, 7) is 4.53. The maximum absolute atomic E-state index is 13.0. The minimum Gasteiger partial charge on any atom is -0.332 e. The first-order chi connectivity index (χ1) is 11.1. The molecule has 1 aromatic heterocycles. The Bertz CT molecular complexity index is 841. The SMILES string of the molecule is CC(C)N(Cc1cccc(Cl)c1)C(=O)c1cccc2cn[nH]c12. The lowest BCUT2D eigenvalue weighted by atomic mass is 10.1. The molecule has 0 spiro atoms. The number of aromatic nitrogens is 2. The summed E-state index contributed by atoms with van der Waals surface area (Å²) in [7, 11) is 0. The summed E-state index contributed by atoms with van der Waals surface area (Å²) in [5.74, 6) is -0.0187. The van der Waals surface area contributed by atoms with Crippen LogP contribution >= 0.6 is 11.6 Å². The molecule has 118 valence electrons. The number of carbonyl (C=O) groups is 1. The number of amides is 1. The van der Waals surface area contributed by atoms with Crippen LogP contribution in [-0.4, -0.2) is 27.0 Å². The molecule has 0 aliphatic rings. The number of benzene rings is 2. The summed E-state index contributed by atoms with van der Waals surface area (Å²) in [6.07, 6.45) is 1.72. The third-order valence-electron chi connectivity index (χ3n) is 3.83. The second kappa shape index (κ2) is 6.42. The van der Waals surface area contributed by atoms with Gasteiger partial charge in [0.05, 0.1) is 17.3 Å². The number of nitrogens with one attached hydrogen (secondary N) is 1. The molecule has 4 nitrogen and oxygen atoms in total. The molecule has 0 bridgehead atoms. The van der Waals surface area contributed by atoms with Gasteiger partial charge in [0.2, 0.25) is 0 Å². The van der Waals surface area contributed by atoms with Crippen molar-refractivity contribution in [1.82, 2.24) is 15.1 Å². The molecule has 0 radical (unpaired) electrons. The number of hydrogen-bond acceptors (Lipinski definition) is 2. The van der Waals surface area contributed by atoms with Crippen LogP contribution < -0.4 is 0 Å². The van der Waals surface area contributed by atoms with E-state index in [0.717, 1.165) is 16.5 Å². The Labute approximate surface area is 140 Å². The lowest BCUT2D eigenvalue weighted by Gasteiger charge is -2.27. The molecule has 5 heteroatoms. The van der Waals surface area contributed by atoms with Gasteiger partial charge < -0.3 is 4.90 Å². The van der Waals surface area contributed by atoms with Crippen LogP contribution in [-0.2, 0) is 6.54 Å². The Morgan fingerprint density at radius 2 is 2.04 bits per heavy atom. The molecular formula is C18H18ClN3O. The molecule has 1 amide bonds. The first-order valence-corrected chi connectivity index (χ1v) is 7.91. The fourth-order valence-corrected chi connectivity index (χ4v) is 2.84. The zero-order valence-corrected chi connectivity index (χ0v) is 13.8. The zero-order chi connectivity index (χ0) is 16.4. The maximum Gasteiger partial charge on any atom is 0.256 e. The summed E-state index contributed by atoms with van der Waals surface area (Å²) in [5.41, 5.74) is 2.42. The van der Waals surface area contributed by atoms with E-state index in [1.807, 2.05) is 61.2 Å². The number of halogens is 1. The van der Waals surface area contributed by atoms with Gasteiger partial charge in [-0.3, -0.25) is 9.89 Å². The van der Waals surface area contributed by atoms with E-state index in [2.05, 4.69) is 10.2 Å². The summed E-state index contributed by atoms with van der Waals surface area (Å²) in [6, 6.07) is 13.3. The van der Waals surface area contributed by atoms with Crippen molar-refractivity contribution in [2.24, 2.45) is 0 Å². The van der Waals surface area contributed by atoms with E-state index < -0.39 is 0 Å². The van der Waals surface area contributed by atoms with Crippen LogP contribution in [0.4, 0.5) is 0 Å². The van der Waals surface area contributed by atoms with Crippen molar-refractivity contribution in [1.29, 1.82) is 0 Å². The van der Waals surface area contributed by atoms with Gasteiger partial charge in [-0.05, 0) is 37.6 Å². The van der Waals surface area contributed by atoms with Crippen LogP contribution in [0.5, 0.6) is 0 Å². The first-order valence-electron chi connectivity index (χ1n) is 7.54. The van der Waals surface area contributed by atoms with Crippen molar-refractivity contribution in [3.8, 4) is 0 Å². The van der Waals surface area contributed by atoms with Gasteiger partial charge in [-0.2, -0.15) is 5.10 Å². The minimum absolute atomic E-state index is 0.0187. The molecule has 0 aliphatic heterocycles. The lowest BCUT2D eigenvalue weighted by molar-refractivity contribution is 0.0692. The fraction of sp³-hybridized carbons (Fsp3) is 0.222. The highest BCUT2D eigenvalue weighted by atomic mass is 35.5. The predicted molar refractivity (Wildman–Crippen MR) is 92.6 cm³/mol. The van der Waals surface area contributed by atoms with Gasteiger partial charge in [0, 0.05) is 23.0 Å². The third-order valence-corrected chi connectivity index (χ3v) is 4.07. The molecular weight excluding hydrogens is 310 g/mol. The van der Waals surface area contributed by atoms with Gasteiger partial charge in [-0.25, -0.2) is 0 Å². The van der Waals surface area contributed by atoms with E-state index in [9.17, 15) is 4.79 Å². The summed E-state index contributed by atoms with van der Waals surface area (Å²) < 4.78 is 0. The summed E-state index contributed by atoms with van der Waals surface area (Å²) in [4.78, 5) is 14.9. The second-order valence-corrected chi connectivity index (χ2v) is 6.23. The average molecular weight is 328 g/mol. The Kier molecular flexibility index (Phi) is 4.35. The highest BCUT2D eigenvalue weighted by molar-refractivity contribution is 6.30. The second-order valence-electron chi connectivity index (χ2n) is 5.80. The molecule has 0 saturated carbocycles. The van der Waals surface area contributed by atoms with Crippen LogP contribution in [0.15, 0.2) is 48.7 Å². The number of H-pyrrole nitrogens is 1. The molecule has 0 fully saturated rings. The molecule has 3 rings (SSSR count). The third kappa shape index (κ3) is 3.22. The van der Waals surface area contributed by atoms with Crippen molar-refractivity contribution in [3.63, 3.8) is 0 Å². The van der Waals surface area contributed by atoms with Crippen molar-refractivity contribution in [2.75, 3.05) is 0 Å². The Morgan fingerprint density at radius 1 is 1.26 bits per heavy atom. The number of nitrogens with zero attached hydrogens (tertiary/aromatic N) is 2. The van der Waals surface area contributed by atoms with Gasteiger partial charge >= 0.3 is 0 Å². The fourth-order valence-electron chi connectivity index (χ4n) is 2.62. The molecule has 1 N–H and O–H groups in total. The number of para-hydroxylation sites is 1. The monoisotopic (exact) mass is 327 g/mol. The van der Waals surface area contributed by atoms with E-state index in [0.29, 0.717) is 17.1 Å².